The first-order chi connectivity index (χ1) is 16.6. The van der Waals surface area contributed by atoms with Crippen LogP contribution in [-0.2, 0) is 35.3 Å². The molecule has 182 valence electrons. The molecule has 0 saturated carbocycles. The van der Waals surface area contributed by atoms with Gasteiger partial charge >= 0.3 is 6.18 Å². The van der Waals surface area contributed by atoms with Crippen molar-refractivity contribution in [2.45, 2.75) is 38.7 Å². The molecule has 9 heteroatoms. The predicted molar refractivity (Wildman–Crippen MR) is 121 cm³/mol. The Kier molecular flexibility index (Phi) is 6.77. The van der Waals surface area contributed by atoms with Crippen LogP contribution in [0.5, 0.6) is 5.75 Å². The van der Waals surface area contributed by atoms with Crippen LogP contribution >= 0.6 is 0 Å². The first kappa shape index (κ1) is 24.3. The molecule has 0 aliphatic carbocycles. The lowest BCUT2D eigenvalue weighted by Gasteiger charge is -2.22. The highest BCUT2D eigenvalue weighted by atomic mass is 19.4. The molecule has 3 aromatic rings. The van der Waals surface area contributed by atoms with Crippen LogP contribution < -0.4 is 10.1 Å². The minimum absolute atomic E-state index is 0.0307. The second-order valence-corrected chi connectivity index (χ2v) is 8.33. The van der Waals surface area contributed by atoms with Gasteiger partial charge in [0.05, 0.1) is 12.0 Å². The maximum absolute atomic E-state index is 13.1. The van der Waals surface area contributed by atoms with Crippen molar-refractivity contribution in [1.82, 2.24) is 4.90 Å². The minimum Gasteiger partial charge on any atom is -0.481 e. The summed E-state index contributed by atoms with van der Waals surface area (Å²) in [5.74, 6) is -0.607. The van der Waals surface area contributed by atoms with E-state index in [2.05, 4.69) is 5.32 Å². The van der Waals surface area contributed by atoms with Crippen LogP contribution in [0.1, 0.15) is 29.2 Å². The largest absolute Gasteiger partial charge is 0.481 e. The van der Waals surface area contributed by atoms with Gasteiger partial charge in [-0.3, -0.25) is 9.59 Å². The van der Waals surface area contributed by atoms with Gasteiger partial charge in [-0.1, -0.05) is 24.3 Å². The summed E-state index contributed by atoms with van der Waals surface area (Å²) < 4.78 is 58.1. The molecule has 0 saturated heterocycles. The normalized spacial score (nSPS) is 15.7. The van der Waals surface area contributed by atoms with Crippen molar-refractivity contribution >= 4 is 17.5 Å². The number of nitrogens with one attached hydrogen (secondary N) is 1. The number of alkyl halides is 3. The molecular formula is C26H22F4N2O3. The highest BCUT2D eigenvalue weighted by molar-refractivity contribution is 5.92. The van der Waals surface area contributed by atoms with Crippen molar-refractivity contribution in [2.24, 2.45) is 0 Å². The second kappa shape index (κ2) is 9.77. The second-order valence-electron chi connectivity index (χ2n) is 8.33. The van der Waals surface area contributed by atoms with E-state index in [9.17, 15) is 27.2 Å². The SMILES string of the molecule is C[C@@H]1Oc2ccc(NC(=O)Cc3ccc(F)cc3)cc2CN(Cc2cccc(C(F)(F)F)c2)C1=O. The Bertz CT molecular complexity index is 1240. The molecule has 0 radical (unpaired) electrons. The third-order valence-corrected chi connectivity index (χ3v) is 5.57. The molecule has 3 aromatic carbocycles. The molecule has 0 aromatic heterocycles. The fourth-order valence-electron chi connectivity index (χ4n) is 3.87. The van der Waals surface area contributed by atoms with Gasteiger partial charge in [-0.2, -0.15) is 13.2 Å². The van der Waals surface area contributed by atoms with E-state index in [-0.39, 0.29) is 31.3 Å². The number of nitrogens with zero attached hydrogens (tertiary/aromatic N) is 1. The maximum Gasteiger partial charge on any atom is 0.416 e. The number of hydrogen-bond donors (Lipinski definition) is 1. The number of carbonyl (C=O) groups excluding carboxylic acids is 2. The number of carbonyl (C=O) groups is 2. The average Bonchev–Trinajstić information content (AvgIpc) is 2.91. The summed E-state index contributed by atoms with van der Waals surface area (Å²) in [6, 6.07) is 15.4. The number of halogens is 4. The summed E-state index contributed by atoms with van der Waals surface area (Å²) in [5, 5.41) is 2.77. The average molecular weight is 486 g/mol. The third kappa shape index (κ3) is 5.98. The number of ether oxygens (including phenoxy) is 1. The van der Waals surface area contributed by atoms with E-state index < -0.39 is 23.7 Å². The first-order valence-electron chi connectivity index (χ1n) is 10.9. The number of benzene rings is 3. The summed E-state index contributed by atoms with van der Waals surface area (Å²) in [6.07, 6.45) is -5.27. The fraction of sp³-hybridized carbons (Fsp3) is 0.231. The van der Waals surface area contributed by atoms with Crippen molar-refractivity contribution in [3.8, 4) is 5.75 Å². The number of amides is 2. The maximum atomic E-state index is 13.1. The minimum atomic E-state index is -4.48. The molecule has 1 aliphatic rings. The number of rotatable bonds is 5. The Morgan fingerprint density at radius 3 is 2.51 bits per heavy atom. The highest BCUT2D eigenvalue weighted by Gasteiger charge is 2.32. The fourth-order valence-corrected chi connectivity index (χ4v) is 3.87. The van der Waals surface area contributed by atoms with Crippen LogP contribution in [0, 0.1) is 5.82 Å². The van der Waals surface area contributed by atoms with E-state index in [1.807, 2.05) is 0 Å². The summed E-state index contributed by atoms with van der Waals surface area (Å²) in [5.41, 5.74) is 1.28. The van der Waals surface area contributed by atoms with E-state index in [0.29, 0.717) is 28.1 Å². The number of fused-ring (bicyclic) bond motifs is 1. The molecule has 1 N–H and O–H groups in total. The van der Waals surface area contributed by atoms with E-state index >= 15 is 0 Å². The van der Waals surface area contributed by atoms with Gasteiger partial charge < -0.3 is 15.0 Å². The van der Waals surface area contributed by atoms with Crippen LogP contribution in [0.15, 0.2) is 66.7 Å². The van der Waals surface area contributed by atoms with E-state index in [1.54, 1.807) is 25.1 Å². The summed E-state index contributed by atoms with van der Waals surface area (Å²) >= 11 is 0. The molecular weight excluding hydrogens is 464 g/mol. The van der Waals surface area contributed by atoms with Gasteiger partial charge in [0.15, 0.2) is 6.10 Å². The Labute approximate surface area is 199 Å². The van der Waals surface area contributed by atoms with E-state index in [4.69, 9.17) is 4.74 Å². The zero-order chi connectivity index (χ0) is 25.2. The Morgan fingerprint density at radius 1 is 1.06 bits per heavy atom. The molecule has 0 bridgehead atoms. The molecule has 1 heterocycles. The van der Waals surface area contributed by atoms with Gasteiger partial charge in [0.1, 0.15) is 11.6 Å². The van der Waals surface area contributed by atoms with Gasteiger partial charge in [-0.05, 0) is 60.5 Å². The zero-order valence-electron chi connectivity index (χ0n) is 18.7. The van der Waals surface area contributed by atoms with Gasteiger partial charge in [-0.25, -0.2) is 4.39 Å². The molecule has 5 nitrogen and oxygen atoms in total. The molecule has 1 atom stereocenters. The van der Waals surface area contributed by atoms with Crippen LogP contribution in [0.3, 0.4) is 0 Å². The summed E-state index contributed by atoms with van der Waals surface area (Å²) in [6.45, 7) is 1.64. The number of hydrogen-bond acceptors (Lipinski definition) is 3. The third-order valence-electron chi connectivity index (χ3n) is 5.57. The van der Waals surface area contributed by atoms with Crippen LogP contribution in [0.25, 0.3) is 0 Å². The van der Waals surface area contributed by atoms with Crippen LogP contribution in [-0.4, -0.2) is 22.8 Å². The van der Waals surface area contributed by atoms with Crippen molar-refractivity contribution in [3.63, 3.8) is 0 Å². The van der Waals surface area contributed by atoms with Crippen molar-refractivity contribution < 1.29 is 31.9 Å². The Balaban J connectivity index is 1.51. The highest BCUT2D eigenvalue weighted by Crippen LogP contribution is 2.32. The number of anilines is 1. The molecule has 1 aliphatic heterocycles. The quantitative estimate of drug-likeness (QED) is 0.496. The van der Waals surface area contributed by atoms with Gasteiger partial charge in [0, 0.05) is 24.3 Å². The molecule has 35 heavy (non-hydrogen) atoms. The van der Waals surface area contributed by atoms with E-state index in [1.165, 1.54) is 41.3 Å². The zero-order valence-corrected chi connectivity index (χ0v) is 18.7. The topological polar surface area (TPSA) is 58.6 Å². The van der Waals surface area contributed by atoms with Gasteiger partial charge in [0.25, 0.3) is 5.91 Å². The molecule has 0 fully saturated rings. The lowest BCUT2D eigenvalue weighted by atomic mass is 10.1. The first-order valence-corrected chi connectivity index (χ1v) is 10.9. The van der Waals surface area contributed by atoms with Gasteiger partial charge in [-0.15, -0.1) is 0 Å². The van der Waals surface area contributed by atoms with E-state index in [0.717, 1.165) is 12.1 Å². The van der Waals surface area contributed by atoms with Crippen molar-refractivity contribution in [3.05, 3.63) is 94.8 Å². The molecule has 0 unspecified atom stereocenters. The van der Waals surface area contributed by atoms with Gasteiger partial charge in [0.2, 0.25) is 5.91 Å². The van der Waals surface area contributed by atoms with Crippen molar-refractivity contribution in [2.75, 3.05) is 5.32 Å². The smallest absolute Gasteiger partial charge is 0.416 e. The molecule has 0 spiro atoms. The lowest BCUT2D eigenvalue weighted by molar-refractivity contribution is -0.138. The summed E-state index contributed by atoms with van der Waals surface area (Å²) in [4.78, 5) is 26.7. The summed E-state index contributed by atoms with van der Waals surface area (Å²) in [7, 11) is 0. The molecule has 2 amide bonds. The Hall–Kier alpha value is -3.88. The van der Waals surface area contributed by atoms with Crippen molar-refractivity contribution in [1.29, 1.82) is 0 Å². The lowest BCUT2D eigenvalue weighted by Crippen LogP contribution is -2.37. The Morgan fingerprint density at radius 2 is 1.80 bits per heavy atom. The van der Waals surface area contributed by atoms with Crippen LogP contribution in [0.2, 0.25) is 0 Å². The molecule has 4 rings (SSSR count). The van der Waals surface area contributed by atoms with Crippen LogP contribution in [0.4, 0.5) is 23.2 Å². The standard InChI is InChI=1S/C26H22F4N2O3/c1-16-25(34)32(14-18-3-2-4-20(11-18)26(28,29)30)15-19-13-22(9-10-23(19)35-16)31-24(33)12-17-5-7-21(27)8-6-17/h2-11,13,16H,12,14-15H2,1H3,(H,31,33)/t16-/m0/s1. The monoisotopic (exact) mass is 486 g/mol. The predicted octanol–water partition coefficient (Wildman–Crippen LogP) is 5.34.